The van der Waals surface area contributed by atoms with Gasteiger partial charge in [-0.05, 0) is 71.3 Å². The first-order valence-electron chi connectivity index (χ1n) is 7.92. The summed E-state index contributed by atoms with van der Waals surface area (Å²) in [5, 5.41) is 11.4. The van der Waals surface area contributed by atoms with E-state index < -0.39 is 0 Å². The van der Waals surface area contributed by atoms with Crippen molar-refractivity contribution in [2.24, 2.45) is 0 Å². The molecule has 0 amide bonds. The number of rotatable bonds is 4. The average Bonchev–Trinajstić information content (AvgIpc) is 2.95. The molecule has 0 spiro atoms. The minimum Gasteiger partial charge on any atom is -0.332 e. The fourth-order valence-corrected chi connectivity index (χ4v) is 3.15. The fraction of sp³-hybridized carbons (Fsp3) is 0.158. The molecule has 0 radical (unpaired) electrons. The van der Waals surface area contributed by atoms with Crippen LogP contribution in [0.3, 0.4) is 0 Å². The van der Waals surface area contributed by atoms with Crippen LogP contribution in [0.5, 0.6) is 0 Å². The second-order valence-corrected chi connectivity index (χ2v) is 7.28. The zero-order valence-corrected chi connectivity index (χ0v) is 16.5. The van der Waals surface area contributed by atoms with E-state index in [1.807, 2.05) is 29.1 Å². The number of anilines is 2. The summed E-state index contributed by atoms with van der Waals surface area (Å²) in [6.45, 7) is 4.86. The molecule has 0 atom stereocenters. The smallest absolute Gasteiger partial charge is 0.175 e. The van der Waals surface area contributed by atoms with Gasteiger partial charge in [-0.1, -0.05) is 29.8 Å². The van der Waals surface area contributed by atoms with Gasteiger partial charge in [-0.25, -0.2) is 0 Å². The summed E-state index contributed by atoms with van der Waals surface area (Å²) >= 11 is 8.85. The first-order valence-corrected chi connectivity index (χ1v) is 9.12. The second-order valence-electron chi connectivity index (χ2n) is 5.95. The maximum atomic E-state index is 5.44. The van der Waals surface area contributed by atoms with Crippen molar-refractivity contribution in [3.05, 3.63) is 76.0 Å². The Morgan fingerprint density at radius 2 is 2.00 bits per heavy atom. The Morgan fingerprint density at radius 1 is 1.16 bits per heavy atom. The Labute approximate surface area is 161 Å². The van der Waals surface area contributed by atoms with E-state index >= 15 is 0 Å². The normalized spacial score (nSPS) is 10.5. The van der Waals surface area contributed by atoms with Gasteiger partial charge in [0.05, 0.1) is 17.2 Å². The first-order chi connectivity index (χ1) is 12.0. The second kappa shape index (κ2) is 7.80. The van der Waals surface area contributed by atoms with Gasteiger partial charge in [0.2, 0.25) is 0 Å². The molecule has 0 aliphatic heterocycles. The van der Waals surface area contributed by atoms with E-state index in [4.69, 9.17) is 12.2 Å². The predicted molar refractivity (Wildman–Crippen MR) is 111 cm³/mol. The summed E-state index contributed by atoms with van der Waals surface area (Å²) in [6.07, 6.45) is 3.73. The molecule has 0 saturated carbocycles. The number of aromatic nitrogens is 2. The Morgan fingerprint density at radius 3 is 2.72 bits per heavy atom. The van der Waals surface area contributed by atoms with Crippen LogP contribution in [0.15, 0.2) is 59.3 Å². The van der Waals surface area contributed by atoms with E-state index in [0.717, 1.165) is 21.4 Å². The lowest BCUT2D eigenvalue weighted by molar-refractivity contribution is 0.687. The summed E-state index contributed by atoms with van der Waals surface area (Å²) in [5.41, 5.74) is 5.52. The molecular formula is C19H19BrN4S. The van der Waals surface area contributed by atoms with Crippen LogP contribution in [-0.4, -0.2) is 14.9 Å². The lowest BCUT2D eigenvalue weighted by Crippen LogP contribution is -2.19. The summed E-state index contributed by atoms with van der Waals surface area (Å²) < 4.78 is 2.86. The van der Waals surface area contributed by atoms with Crippen LogP contribution in [-0.2, 0) is 6.54 Å². The van der Waals surface area contributed by atoms with Crippen molar-refractivity contribution in [3.8, 4) is 0 Å². The van der Waals surface area contributed by atoms with E-state index in [-0.39, 0.29) is 0 Å². The zero-order valence-electron chi connectivity index (χ0n) is 14.1. The van der Waals surface area contributed by atoms with Crippen molar-refractivity contribution >= 4 is 44.6 Å². The minimum absolute atomic E-state index is 0.575. The fourth-order valence-electron chi connectivity index (χ4n) is 2.60. The molecule has 0 aliphatic rings. The highest BCUT2D eigenvalue weighted by Gasteiger charge is 2.04. The van der Waals surface area contributed by atoms with Crippen molar-refractivity contribution in [3.63, 3.8) is 0 Å². The molecular weight excluding hydrogens is 396 g/mol. The van der Waals surface area contributed by atoms with Crippen LogP contribution in [0.25, 0.3) is 0 Å². The minimum atomic E-state index is 0.575. The van der Waals surface area contributed by atoms with Crippen molar-refractivity contribution in [2.75, 3.05) is 10.6 Å². The third-order valence-electron chi connectivity index (χ3n) is 3.76. The summed E-state index contributed by atoms with van der Waals surface area (Å²) in [4.78, 5) is 0. The molecule has 128 valence electrons. The number of nitrogens with zero attached hydrogens (tertiary/aromatic N) is 2. The standard InChI is InChI=1S/C19H19BrN4S/c1-13-6-7-18(14(2)8-13)23-19(25)22-17-5-3-4-15(9-17)11-24-12-16(20)10-21-24/h3-10,12H,11H2,1-2H3,(H2,22,23,25). The Balaban J connectivity index is 1.66. The molecule has 1 aromatic heterocycles. The highest BCUT2D eigenvalue weighted by Crippen LogP contribution is 2.18. The zero-order chi connectivity index (χ0) is 17.8. The third-order valence-corrected chi connectivity index (χ3v) is 4.37. The van der Waals surface area contributed by atoms with Crippen LogP contribution in [0, 0.1) is 13.8 Å². The Bertz CT molecular complexity index is 904. The average molecular weight is 415 g/mol. The monoisotopic (exact) mass is 414 g/mol. The number of aryl methyl sites for hydroxylation is 2. The van der Waals surface area contributed by atoms with Crippen LogP contribution >= 0.6 is 28.1 Å². The first kappa shape index (κ1) is 17.6. The van der Waals surface area contributed by atoms with Gasteiger partial charge in [0.25, 0.3) is 0 Å². The highest BCUT2D eigenvalue weighted by atomic mass is 79.9. The van der Waals surface area contributed by atoms with Crippen LogP contribution in [0.1, 0.15) is 16.7 Å². The summed E-state index contributed by atoms with van der Waals surface area (Å²) in [5.74, 6) is 0. The van der Waals surface area contributed by atoms with E-state index in [1.165, 1.54) is 11.1 Å². The maximum Gasteiger partial charge on any atom is 0.175 e. The van der Waals surface area contributed by atoms with E-state index in [1.54, 1.807) is 6.20 Å². The molecule has 0 bridgehead atoms. The molecule has 4 nitrogen and oxygen atoms in total. The largest absolute Gasteiger partial charge is 0.332 e. The molecule has 6 heteroatoms. The molecule has 2 aromatic carbocycles. The van der Waals surface area contributed by atoms with Gasteiger partial charge >= 0.3 is 0 Å². The molecule has 0 aliphatic carbocycles. The topological polar surface area (TPSA) is 41.9 Å². The maximum absolute atomic E-state index is 5.44. The van der Waals surface area contributed by atoms with Gasteiger partial charge in [0, 0.05) is 17.6 Å². The van der Waals surface area contributed by atoms with E-state index in [0.29, 0.717) is 11.7 Å². The molecule has 0 saturated heterocycles. The van der Waals surface area contributed by atoms with Gasteiger partial charge in [-0.3, -0.25) is 4.68 Å². The molecule has 2 N–H and O–H groups in total. The number of thiocarbonyl (C=S) groups is 1. The van der Waals surface area contributed by atoms with Gasteiger partial charge < -0.3 is 10.6 Å². The van der Waals surface area contributed by atoms with Gasteiger partial charge in [0.15, 0.2) is 5.11 Å². The van der Waals surface area contributed by atoms with Crippen molar-refractivity contribution in [2.45, 2.75) is 20.4 Å². The molecule has 1 heterocycles. The lowest BCUT2D eigenvalue weighted by Gasteiger charge is -2.13. The van der Waals surface area contributed by atoms with Gasteiger partial charge in [0.1, 0.15) is 0 Å². The Kier molecular flexibility index (Phi) is 5.50. The SMILES string of the molecule is Cc1ccc(NC(=S)Nc2cccc(Cn3cc(Br)cn3)c2)c(C)c1. The molecule has 0 unspecified atom stereocenters. The number of hydrogen-bond donors (Lipinski definition) is 2. The highest BCUT2D eigenvalue weighted by molar-refractivity contribution is 9.10. The van der Waals surface area contributed by atoms with Gasteiger partial charge in [-0.15, -0.1) is 0 Å². The van der Waals surface area contributed by atoms with Crippen molar-refractivity contribution < 1.29 is 0 Å². The van der Waals surface area contributed by atoms with Crippen LogP contribution < -0.4 is 10.6 Å². The predicted octanol–water partition coefficient (Wildman–Crippen LogP) is 5.12. The number of nitrogens with one attached hydrogen (secondary N) is 2. The van der Waals surface area contributed by atoms with E-state index in [2.05, 4.69) is 69.8 Å². The molecule has 3 rings (SSSR count). The van der Waals surface area contributed by atoms with Gasteiger partial charge in [-0.2, -0.15) is 5.10 Å². The van der Waals surface area contributed by atoms with Crippen molar-refractivity contribution in [1.29, 1.82) is 0 Å². The Hall–Kier alpha value is -2.18. The van der Waals surface area contributed by atoms with E-state index in [9.17, 15) is 0 Å². The molecule has 25 heavy (non-hydrogen) atoms. The molecule has 0 fully saturated rings. The number of hydrogen-bond acceptors (Lipinski definition) is 2. The number of halogens is 1. The third kappa shape index (κ3) is 4.90. The van der Waals surface area contributed by atoms with Crippen LogP contribution in [0.4, 0.5) is 11.4 Å². The quantitative estimate of drug-likeness (QED) is 0.581. The summed E-state index contributed by atoms with van der Waals surface area (Å²) in [6, 6.07) is 14.4. The van der Waals surface area contributed by atoms with Crippen LogP contribution in [0.2, 0.25) is 0 Å². The molecule has 3 aromatic rings. The lowest BCUT2D eigenvalue weighted by atomic mass is 10.1. The van der Waals surface area contributed by atoms with Crippen molar-refractivity contribution in [1.82, 2.24) is 9.78 Å². The number of benzene rings is 2. The summed E-state index contributed by atoms with van der Waals surface area (Å²) in [7, 11) is 0.